The predicted molar refractivity (Wildman–Crippen MR) is 58.1 cm³/mol. The second-order valence-electron chi connectivity index (χ2n) is 3.25. The van der Waals surface area contributed by atoms with Crippen molar-refractivity contribution >= 4 is 17.9 Å². The molecule has 1 unspecified atom stereocenters. The van der Waals surface area contributed by atoms with E-state index < -0.39 is 24.2 Å². The molecule has 0 aromatic heterocycles. The van der Waals surface area contributed by atoms with Gasteiger partial charge in [-0.05, 0) is 12.8 Å². The molecule has 0 aliphatic rings. The highest BCUT2D eigenvalue weighted by Gasteiger charge is 2.23. The molecule has 0 radical (unpaired) electrons. The highest BCUT2D eigenvalue weighted by Crippen LogP contribution is 1.99. The van der Waals surface area contributed by atoms with E-state index in [4.69, 9.17) is 26.8 Å². The van der Waals surface area contributed by atoms with Crippen molar-refractivity contribution in [2.45, 2.75) is 25.1 Å². The lowest BCUT2D eigenvalue weighted by Crippen LogP contribution is -2.47. The van der Waals surface area contributed by atoms with Crippen LogP contribution in [0.2, 0.25) is 0 Å². The maximum Gasteiger partial charge on any atom is 0.347 e. The minimum Gasteiger partial charge on any atom is -0.480 e. The van der Waals surface area contributed by atoms with E-state index in [1.54, 1.807) is 0 Å². The van der Waals surface area contributed by atoms with Gasteiger partial charge in [0, 0.05) is 6.54 Å². The van der Waals surface area contributed by atoms with Crippen molar-refractivity contribution in [1.82, 2.24) is 5.32 Å². The molecule has 0 rings (SSSR count). The van der Waals surface area contributed by atoms with Gasteiger partial charge < -0.3 is 26.8 Å². The van der Waals surface area contributed by atoms with E-state index in [1.165, 1.54) is 0 Å². The van der Waals surface area contributed by atoms with Crippen LogP contribution in [0, 0.1) is 0 Å². The van der Waals surface area contributed by atoms with Crippen LogP contribution < -0.4 is 16.8 Å². The van der Waals surface area contributed by atoms with Crippen LogP contribution in [0.4, 0.5) is 0 Å². The standard InChI is InChI=1S/C8H16N4O5/c9-8(10)11-3-1-2-4(6(14)15)12-5(13)7(16)17/h4-5,12-13H,1-3H2,(H,14,15)(H,16,17)(H4,9,10,11)/t4-,5?/m0/s1. The Morgan fingerprint density at radius 3 is 2.24 bits per heavy atom. The monoisotopic (exact) mass is 248 g/mol. The molecule has 0 aromatic carbocycles. The number of hydrogen-bond acceptors (Lipinski definition) is 5. The highest BCUT2D eigenvalue weighted by atomic mass is 16.4. The number of guanidine groups is 1. The third-order valence-corrected chi connectivity index (χ3v) is 1.84. The number of aliphatic hydroxyl groups is 1. The minimum atomic E-state index is -1.92. The lowest BCUT2D eigenvalue weighted by molar-refractivity contribution is -0.151. The molecule has 0 saturated heterocycles. The Hall–Kier alpha value is -1.87. The number of aliphatic imine (C=N–C) groups is 1. The highest BCUT2D eigenvalue weighted by molar-refractivity contribution is 5.76. The minimum absolute atomic E-state index is 0.0937. The SMILES string of the molecule is NC(N)=NCCC[C@H](NC(O)C(=O)O)C(=O)O. The van der Waals surface area contributed by atoms with Crippen molar-refractivity contribution in [3.8, 4) is 0 Å². The molecule has 0 aliphatic carbocycles. The molecule has 9 heteroatoms. The third kappa shape index (κ3) is 7.09. The molecule has 0 bridgehead atoms. The van der Waals surface area contributed by atoms with E-state index in [1.807, 2.05) is 5.32 Å². The van der Waals surface area contributed by atoms with Gasteiger partial charge in [0.15, 0.2) is 5.96 Å². The van der Waals surface area contributed by atoms with E-state index in [0.29, 0.717) is 6.42 Å². The molecule has 0 aliphatic heterocycles. The van der Waals surface area contributed by atoms with Gasteiger partial charge in [0.2, 0.25) is 6.23 Å². The molecule has 0 saturated carbocycles. The summed E-state index contributed by atoms with van der Waals surface area (Å²) in [4.78, 5) is 24.7. The molecule has 0 heterocycles. The fourth-order valence-electron chi connectivity index (χ4n) is 1.04. The van der Waals surface area contributed by atoms with Crippen LogP contribution >= 0.6 is 0 Å². The summed E-state index contributed by atoms with van der Waals surface area (Å²) in [6, 6.07) is -1.17. The molecule has 0 amide bonds. The van der Waals surface area contributed by atoms with Crippen LogP contribution in [0.15, 0.2) is 4.99 Å². The van der Waals surface area contributed by atoms with E-state index in [-0.39, 0.29) is 18.9 Å². The number of carbonyl (C=O) groups is 2. The number of aliphatic hydroxyl groups excluding tert-OH is 1. The van der Waals surface area contributed by atoms with Gasteiger partial charge in [-0.25, -0.2) is 4.79 Å². The lowest BCUT2D eigenvalue weighted by Gasteiger charge is -2.15. The summed E-state index contributed by atoms with van der Waals surface area (Å²) in [6.07, 6.45) is -1.48. The first-order chi connectivity index (χ1) is 7.84. The number of aliphatic carboxylic acids is 2. The molecule has 0 fully saturated rings. The Bertz CT molecular complexity index is 302. The van der Waals surface area contributed by atoms with Crippen LogP contribution in [0.3, 0.4) is 0 Å². The summed E-state index contributed by atoms with van der Waals surface area (Å²) in [5.74, 6) is -2.90. The van der Waals surface area contributed by atoms with Gasteiger partial charge >= 0.3 is 11.9 Å². The number of rotatable bonds is 8. The largest absolute Gasteiger partial charge is 0.480 e. The fourth-order valence-corrected chi connectivity index (χ4v) is 1.04. The molecule has 17 heavy (non-hydrogen) atoms. The first-order valence-corrected chi connectivity index (χ1v) is 4.79. The first kappa shape index (κ1) is 15.1. The zero-order valence-corrected chi connectivity index (χ0v) is 9.04. The molecule has 2 atom stereocenters. The van der Waals surface area contributed by atoms with Crippen LogP contribution in [0.25, 0.3) is 0 Å². The summed E-state index contributed by atoms with van der Waals surface area (Å²) in [5.41, 5.74) is 10.1. The molecule has 0 spiro atoms. The Kier molecular flexibility index (Phi) is 6.60. The summed E-state index contributed by atoms with van der Waals surface area (Å²) in [6.45, 7) is 0.233. The Balaban J connectivity index is 4.12. The molecular formula is C8H16N4O5. The fraction of sp³-hybridized carbons (Fsp3) is 0.625. The van der Waals surface area contributed by atoms with E-state index in [9.17, 15) is 9.59 Å². The Morgan fingerprint density at radius 2 is 1.82 bits per heavy atom. The third-order valence-electron chi connectivity index (χ3n) is 1.84. The average molecular weight is 248 g/mol. The van der Waals surface area contributed by atoms with Crippen molar-refractivity contribution < 1.29 is 24.9 Å². The maximum absolute atomic E-state index is 10.7. The van der Waals surface area contributed by atoms with Crippen molar-refractivity contribution in [1.29, 1.82) is 0 Å². The molecule has 0 aromatic rings. The maximum atomic E-state index is 10.7. The van der Waals surface area contributed by atoms with Gasteiger partial charge in [0.1, 0.15) is 6.04 Å². The number of carboxylic acids is 2. The molecule has 8 N–H and O–H groups in total. The normalized spacial score (nSPS) is 13.7. The van der Waals surface area contributed by atoms with Gasteiger partial charge in [-0.3, -0.25) is 15.1 Å². The van der Waals surface area contributed by atoms with Crippen LogP contribution in [-0.2, 0) is 9.59 Å². The quantitative estimate of drug-likeness (QED) is 0.118. The van der Waals surface area contributed by atoms with Crippen molar-refractivity contribution in [3.63, 3.8) is 0 Å². The zero-order valence-electron chi connectivity index (χ0n) is 9.04. The topological polar surface area (TPSA) is 171 Å². The number of nitrogens with zero attached hydrogens (tertiary/aromatic N) is 1. The second-order valence-corrected chi connectivity index (χ2v) is 3.25. The molecule has 9 nitrogen and oxygen atoms in total. The van der Waals surface area contributed by atoms with E-state index >= 15 is 0 Å². The van der Waals surface area contributed by atoms with Gasteiger partial charge in [-0.1, -0.05) is 0 Å². The number of nitrogens with one attached hydrogen (secondary N) is 1. The molecule has 98 valence electrons. The van der Waals surface area contributed by atoms with Crippen molar-refractivity contribution in [2.24, 2.45) is 16.5 Å². The summed E-state index contributed by atoms with van der Waals surface area (Å²) in [7, 11) is 0. The van der Waals surface area contributed by atoms with Crippen molar-refractivity contribution in [2.75, 3.05) is 6.54 Å². The number of carboxylic acid groups (broad SMARTS) is 2. The lowest BCUT2D eigenvalue weighted by atomic mass is 10.1. The first-order valence-electron chi connectivity index (χ1n) is 4.79. The summed E-state index contributed by atoms with van der Waals surface area (Å²) < 4.78 is 0. The number of nitrogens with two attached hydrogens (primary N) is 2. The predicted octanol–water partition coefficient (Wildman–Crippen LogP) is -2.51. The Labute approximate surface area is 97.1 Å². The summed E-state index contributed by atoms with van der Waals surface area (Å²) >= 11 is 0. The Morgan fingerprint density at radius 1 is 1.24 bits per heavy atom. The van der Waals surface area contributed by atoms with Gasteiger partial charge in [-0.2, -0.15) is 0 Å². The van der Waals surface area contributed by atoms with Crippen LogP contribution in [-0.4, -0.2) is 52.0 Å². The van der Waals surface area contributed by atoms with E-state index in [2.05, 4.69) is 4.99 Å². The van der Waals surface area contributed by atoms with E-state index in [0.717, 1.165) is 0 Å². The molecular weight excluding hydrogens is 232 g/mol. The van der Waals surface area contributed by atoms with Gasteiger partial charge in [0.05, 0.1) is 0 Å². The summed E-state index contributed by atoms with van der Waals surface area (Å²) in [5, 5.41) is 28.2. The second kappa shape index (κ2) is 7.41. The van der Waals surface area contributed by atoms with Crippen LogP contribution in [0.5, 0.6) is 0 Å². The van der Waals surface area contributed by atoms with Gasteiger partial charge in [0.25, 0.3) is 0 Å². The zero-order chi connectivity index (χ0) is 13.4. The smallest absolute Gasteiger partial charge is 0.347 e. The number of hydrogen-bond donors (Lipinski definition) is 6. The average Bonchev–Trinajstić information content (AvgIpc) is 2.21. The van der Waals surface area contributed by atoms with Crippen LogP contribution in [0.1, 0.15) is 12.8 Å². The van der Waals surface area contributed by atoms with Gasteiger partial charge in [-0.15, -0.1) is 0 Å². The van der Waals surface area contributed by atoms with Crippen molar-refractivity contribution in [3.05, 3.63) is 0 Å².